The molecule has 0 saturated heterocycles. The molecule has 37 heavy (non-hydrogen) atoms. The molecule has 0 heterocycles. The number of nitrogens with two attached hydrogens (primary N) is 1. The highest BCUT2D eigenvalue weighted by Gasteiger charge is 2.25. The first-order valence-corrected chi connectivity index (χ1v) is 13.5. The van der Waals surface area contributed by atoms with E-state index in [9.17, 15) is 13.2 Å². The summed E-state index contributed by atoms with van der Waals surface area (Å²) in [5.41, 5.74) is 7.64. The van der Waals surface area contributed by atoms with Crippen LogP contribution in [0.25, 0.3) is 11.1 Å². The van der Waals surface area contributed by atoms with Gasteiger partial charge in [0.1, 0.15) is 11.6 Å². The topological polar surface area (TPSA) is 126 Å². The predicted molar refractivity (Wildman–Crippen MR) is 146 cm³/mol. The fourth-order valence-electron chi connectivity index (χ4n) is 3.83. The lowest BCUT2D eigenvalue weighted by Gasteiger charge is -2.22. The molecular weight excluding hydrogens is 488 g/mol. The maximum atomic E-state index is 13.0. The van der Waals surface area contributed by atoms with E-state index in [1.165, 1.54) is 0 Å². The van der Waals surface area contributed by atoms with E-state index in [-0.39, 0.29) is 10.7 Å². The van der Waals surface area contributed by atoms with Crippen molar-refractivity contribution in [2.45, 2.75) is 51.1 Å². The summed E-state index contributed by atoms with van der Waals surface area (Å²) in [5, 5.41) is 7.63. The third-order valence-corrected chi connectivity index (χ3v) is 7.17. The Bertz CT molecular complexity index is 1360. The van der Waals surface area contributed by atoms with Gasteiger partial charge in [-0.15, -0.1) is 0 Å². The van der Waals surface area contributed by atoms with E-state index in [4.69, 9.17) is 15.9 Å². The van der Waals surface area contributed by atoms with Crippen LogP contribution >= 0.6 is 0 Å². The fraction of sp³-hybridized carbons (Fsp3) is 0.286. The molecule has 3 aromatic rings. The average Bonchev–Trinajstić information content (AvgIpc) is 2.83. The number of carbonyl (C=O) groups is 1. The Morgan fingerprint density at radius 1 is 1.03 bits per heavy atom. The molecule has 8 nitrogen and oxygen atoms in total. The van der Waals surface area contributed by atoms with E-state index in [1.54, 1.807) is 92.4 Å². The number of amidine groups is 1. The number of nitrogens with one attached hydrogen (secondary N) is 2. The number of nitrogen functional groups attached to an aromatic ring is 1. The van der Waals surface area contributed by atoms with Crippen molar-refractivity contribution in [3.8, 4) is 16.9 Å². The van der Waals surface area contributed by atoms with Crippen LogP contribution in [0.15, 0.2) is 77.7 Å². The number of amides is 1. The summed E-state index contributed by atoms with van der Waals surface area (Å²) in [5.74, 6) is 0.315. The van der Waals surface area contributed by atoms with Gasteiger partial charge in [-0.25, -0.2) is 17.9 Å². The zero-order chi connectivity index (χ0) is 27.2. The molecule has 4 N–H and O–H groups in total. The van der Waals surface area contributed by atoms with Crippen molar-refractivity contribution in [1.29, 1.82) is 5.41 Å². The zero-order valence-corrected chi connectivity index (χ0v) is 22.4. The third kappa shape index (κ3) is 7.65. The first-order chi connectivity index (χ1) is 17.4. The van der Waals surface area contributed by atoms with Gasteiger partial charge in [-0.05, 0) is 62.6 Å². The first-order valence-electron chi connectivity index (χ1n) is 12.0. The summed E-state index contributed by atoms with van der Waals surface area (Å²) in [6.07, 6.45) is 0.245. The van der Waals surface area contributed by atoms with Crippen LogP contribution in [-0.2, 0) is 16.6 Å². The van der Waals surface area contributed by atoms with Gasteiger partial charge in [-0.2, -0.15) is 0 Å². The minimum Gasteiger partial charge on any atom is -0.410 e. The highest BCUT2D eigenvalue weighted by Crippen LogP contribution is 2.29. The van der Waals surface area contributed by atoms with Gasteiger partial charge >= 0.3 is 6.09 Å². The normalized spacial score (nSPS) is 11.7. The molecule has 1 amide bonds. The number of benzene rings is 3. The van der Waals surface area contributed by atoms with Gasteiger partial charge in [-0.1, -0.05) is 55.5 Å². The van der Waals surface area contributed by atoms with Crippen molar-refractivity contribution in [3.05, 3.63) is 83.9 Å². The Kier molecular flexibility index (Phi) is 8.73. The molecular formula is C28H34N4O4S. The van der Waals surface area contributed by atoms with E-state index in [0.717, 1.165) is 12.0 Å². The second kappa shape index (κ2) is 11.6. The third-order valence-electron chi connectivity index (χ3n) is 5.35. The van der Waals surface area contributed by atoms with Crippen LogP contribution in [0, 0.1) is 5.41 Å². The minimum absolute atomic E-state index is 0.0323. The Labute approximate surface area is 219 Å². The highest BCUT2D eigenvalue weighted by molar-refractivity contribution is 7.89. The van der Waals surface area contributed by atoms with Crippen molar-refractivity contribution in [2.75, 3.05) is 6.54 Å². The summed E-state index contributed by atoms with van der Waals surface area (Å²) in [6.45, 7) is 8.15. The maximum absolute atomic E-state index is 13.0. The Hall–Kier alpha value is -3.69. The van der Waals surface area contributed by atoms with E-state index in [2.05, 4.69) is 4.72 Å². The van der Waals surface area contributed by atoms with E-state index < -0.39 is 21.7 Å². The standard InChI is InChI=1S/C28H34N4O4S/c1-5-17-32(19-20-9-8-10-22(18-20)26(29)30)27(33)36-23-15-13-21(14-16-23)24-11-6-7-12-25(24)37(34,35)31-28(2,3)4/h6-16,18,31H,5,17,19H2,1-4H3,(H3,29,30). The molecule has 0 radical (unpaired) electrons. The average molecular weight is 523 g/mol. The van der Waals surface area contributed by atoms with Gasteiger partial charge in [0, 0.05) is 29.8 Å². The number of carbonyl (C=O) groups excluding carboxylic acids is 1. The number of nitrogens with zero attached hydrogens (tertiary/aromatic N) is 1. The van der Waals surface area contributed by atoms with Gasteiger partial charge in [0.2, 0.25) is 10.0 Å². The van der Waals surface area contributed by atoms with Gasteiger partial charge < -0.3 is 15.4 Å². The van der Waals surface area contributed by atoms with Crippen molar-refractivity contribution in [1.82, 2.24) is 9.62 Å². The Morgan fingerprint density at radius 3 is 2.32 bits per heavy atom. The molecule has 0 fully saturated rings. The van der Waals surface area contributed by atoms with E-state index in [0.29, 0.717) is 35.5 Å². The van der Waals surface area contributed by atoms with Crippen LogP contribution < -0.4 is 15.2 Å². The summed E-state index contributed by atoms with van der Waals surface area (Å²) < 4.78 is 34.3. The second-order valence-electron chi connectivity index (χ2n) is 9.78. The monoisotopic (exact) mass is 522 g/mol. The molecule has 0 aliphatic carbocycles. The van der Waals surface area contributed by atoms with E-state index >= 15 is 0 Å². The molecule has 0 atom stereocenters. The van der Waals surface area contributed by atoms with Crippen LogP contribution in [-0.4, -0.2) is 37.3 Å². The van der Waals surface area contributed by atoms with Gasteiger partial charge in [0.05, 0.1) is 4.90 Å². The smallest absolute Gasteiger partial charge is 0.410 e. The number of ether oxygens (including phenoxy) is 1. The molecule has 3 rings (SSSR count). The second-order valence-corrected chi connectivity index (χ2v) is 11.4. The van der Waals surface area contributed by atoms with Crippen LogP contribution in [0.1, 0.15) is 45.2 Å². The molecule has 0 aliphatic heterocycles. The molecule has 0 saturated carbocycles. The fourth-order valence-corrected chi connectivity index (χ4v) is 5.48. The number of hydrogen-bond donors (Lipinski definition) is 3. The van der Waals surface area contributed by atoms with Crippen molar-refractivity contribution >= 4 is 22.0 Å². The minimum atomic E-state index is -3.74. The van der Waals surface area contributed by atoms with Gasteiger partial charge in [-0.3, -0.25) is 5.41 Å². The van der Waals surface area contributed by atoms with Crippen molar-refractivity contribution < 1.29 is 17.9 Å². The molecule has 0 bridgehead atoms. The molecule has 196 valence electrons. The van der Waals surface area contributed by atoms with Gasteiger partial charge in [0.25, 0.3) is 0 Å². The lowest BCUT2D eigenvalue weighted by atomic mass is 10.1. The predicted octanol–water partition coefficient (Wildman–Crippen LogP) is 5.13. The first kappa shape index (κ1) is 27.9. The quantitative estimate of drug-likeness (QED) is 0.265. The van der Waals surface area contributed by atoms with Gasteiger partial charge in [0.15, 0.2) is 0 Å². The van der Waals surface area contributed by atoms with Crippen molar-refractivity contribution in [3.63, 3.8) is 0 Å². The summed E-state index contributed by atoms with van der Waals surface area (Å²) in [7, 11) is -3.74. The van der Waals surface area contributed by atoms with E-state index in [1.807, 2.05) is 13.0 Å². The van der Waals surface area contributed by atoms with Crippen LogP contribution in [0.3, 0.4) is 0 Å². The molecule has 0 aromatic heterocycles. The lowest BCUT2D eigenvalue weighted by Crippen LogP contribution is -2.40. The summed E-state index contributed by atoms with van der Waals surface area (Å²) in [4.78, 5) is 14.7. The molecule has 9 heteroatoms. The Morgan fingerprint density at radius 2 is 1.70 bits per heavy atom. The largest absolute Gasteiger partial charge is 0.415 e. The van der Waals surface area contributed by atoms with Crippen LogP contribution in [0.2, 0.25) is 0 Å². The van der Waals surface area contributed by atoms with Crippen LogP contribution in [0.4, 0.5) is 4.79 Å². The maximum Gasteiger partial charge on any atom is 0.415 e. The number of sulfonamides is 1. The highest BCUT2D eigenvalue weighted by atomic mass is 32.2. The molecule has 0 spiro atoms. The number of rotatable bonds is 9. The molecule has 0 unspecified atom stereocenters. The SMILES string of the molecule is CCCN(Cc1cccc(C(=N)N)c1)C(=O)Oc1ccc(-c2ccccc2S(=O)(=O)NC(C)(C)C)cc1. The van der Waals surface area contributed by atoms with Crippen molar-refractivity contribution in [2.24, 2.45) is 5.73 Å². The Balaban J connectivity index is 1.79. The summed E-state index contributed by atoms with van der Waals surface area (Å²) in [6, 6.07) is 20.7. The zero-order valence-electron chi connectivity index (χ0n) is 21.6. The molecule has 0 aliphatic rings. The molecule has 3 aromatic carbocycles. The van der Waals surface area contributed by atoms with Crippen LogP contribution in [0.5, 0.6) is 5.75 Å². The lowest BCUT2D eigenvalue weighted by molar-refractivity contribution is 0.149. The number of hydrogen-bond acceptors (Lipinski definition) is 5. The summed E-state index contributed by atoms with van der Waals surface area (Å²) >= 11 is 0.